The van der Waals surface area contributed by atoms with Crippen LogP contribution in [0.1, 0.15) is 5.56 Å². The number of aromatic nitrogens is 2. The first-order valence-electron chi connectivity index (χ1n) is 9.21. The average molecular weight is 421 g/mol. The van der Waals surface area contributed by atoms with Crippen molar-refractivity contribution in [3.63, 3.8) is 0 Å². The lowest BCUT2D eigenvalue weighted by Gasteiger charge is -2.12. The number of ether oxygens (including phenoxy) is 1. The van der Waals surface area contributed by atoms with Crippen LogP contribution in [0.4, 0.5) is 0 Å². The molecule has 0 atom stereocenters. The Hall–Kier alpha value is -3.65. The van der Waals surface area contributed by atoms with Gasteiger partial charge >= 0.3 is 5.69 Å². The minimum absolute atomic E-state index is 0.102. The summed E-state index contributed by atoms with van der Waals surface area (Å²) in [4.78, 5) is 38.5. The zero-order valence-corrected chi connectivity index (χ0v) is 17.0. The van der Waals surface area contributed by atoms with Gasteiger partial charge in [0.25, 0.3) is 5.56 Å². The summed E-state index contributed by atoms with van der Waals surface area (Å²) in [6.45, 7) is -0.196. The van der Waals surface area contributed by atoms with Crippen molar-refractivity contribution in [2.45, 2.75) is 13.1 Å². The Kier molecular flexibility index (Phi) is 5.24. The molecule has 1 amide bonds. The Morgan fingerprint density at radius 2 is 1.73 bits per heavy atom. The van der Waals surface area contributed by atoms with E-state index in [1.165, 1.54) is 15.9 Å². The molecule has 4 aromatic rings. The second kappa shape index (κ2) is 8.00. The number of hydrogen-bond donors (Lipinski definition) is 1. The van der Waals surface area contributed by atoms with E-state index in [2.05, 4.69) is 0 Å². The van der Waals surface area contributed by atoms with Crippen molar-refractivity contribution >= 4 is 27.5 Å². The highest BCUT2D eigenvalue weighted by molar-refractivity contribution is 7.17. The van der Waals surface area contributed by atoms with Crippen LogP contribution in [-0.2, 0) is 17.9 Å². The third-order valence-electron chi connectivity index (χ3n) is 4.84. The number of carbonyl (C=O) groups is 1. The zero-order chi connectivity index (χ0) is 21.3. The molecule has 0 aliphatic carbocycles. The van der Waals surface area contributed by atoms with Gasteiger partial charge in [-0.15, -0.1) is 11.3 Å². The molecule has 0 fully saturated rings. The summed E-state index contributed by atoms with van der Waals surface area (Å²) in [5.74, 6) is 0.0492. The van der Waals surface area contributed by atoms with Crippen molar-refractivity contribution in [1.29, 1.82) is 0 Å². The summed E-state index contributed by atoms with van der Waals surface area (Å²) in [7, 11) is 1.58. The van der Waals surface area contributed by atoms with E-state index in [0.717, 1.165) is 15.7 Å². The molecule has 0 aliphatic heterocycles. The molecule has 30 heavy (non-hydrogen) atoms. The van der Waals surface area contributed by atoms with Gasteiger partial charge in [-0.05, 0) is 23.3 Å². The molecular weight excluding hydrogens is 402 g/mol. The Bertz CT molecular complexity index is 1340. The molecule has 0 saturated heterocycles. The van der Waals surface area contributed by atoms with Gasteiger partial charge in [0, 0.05) is 10.9 Å². The van der Waals surface area contributed by atoms with Crippen molar-refractivity contribution in [3.8, 4) is 16.9 Å². The minimum atomic E-state index is -0.650. The highest BCUT2D eigenvalue weighted by Crippen LogP contribution is 2.32. The van der Waals surface area contributed by atoms with Crippen LogP contribution in [0.2, 0.25) is 0 Å². The van der Waals surface area contributed by atoms with Crippen LogP contribution in [0.25, 0.3) is 21.3 Å². The molecular formula is C22H19N3O4S. The van der Waals surface area contributed by atoms with Gasteiger partial charge in [0.2, 0.25) is 5.91 Å². The highest BCUT2D eigenvalue weighted by Gasteiger charge is 2.20. The van der Waals surface area contributed by atoms with E-state index < -0.39 is 17.2 Å². The third-order valence-corrected chi connectivity index (χ3v) is 5.84. The van der Waals surface area contributed by atoms with Crippen LogP contribution in [0, 0.1) is 0 Å². The van der Waals surface area contributed by atoms with Crippen LogP contribution < -0.4 is 21.7 Å². The van der Waals surface area contributed by atoms with Gasteiger partial charge in [0.15, 0.2) is 0 Å². The number of hydrogen-bond acceptors (Lipinski definition) is 5. The fourth-order valence-corrected chi connectivity index (χ4v) is 4.46. The predicted octanol–water partition coefficient (Wildman–Crippen LogP) is 2.43. The Balaban J connectivity index is 1.98. The van der Waals surface area contributed by atoms with E-state index in [-0.39, 0.29) is 13.1 Å². The number of fused-ring (bicyclic) bond motifs is 1. The number of nitrogens with two attached hydrogens (primary N) is 1. The number of methoxy groups -OCH3 is 1. The standard InChI is InChI=1S/C22H19N3O4S/c1-29-16-9-7-15(8-10-16)17-13-30-21-19(17)20(27)24(11-14-5-3-2-4-6-14)22(28)25(21)12-18(23)26/h2-10,13H,11-12H2,1H3,(H2,23,26). The summed E-state index contributed by atoms with van der Waals surface area (Å²) in [5.41, 5.74) is 6.75. The molecule has 0 bridgehead atoms. The van der Waals surface area contributed by atoms with E-state index in [9.17, 15) is 14.4 Å². The van der Waals surface area contributed by atoms with Gasteiger partial charge in [-0.2, -0.15) is 0 Å². The summed E-state index contributed by atoms with van der Waals surface area (Å²) >= 11 is 1.24. The normalized spacial score (nSPS) is 11.0. The van der Waals surface area contributed by atoms with Crippen molar-refractivity contribution in [2.24, 2.45) is 5.73 Å². The van der Waals surface area contributed by atoms with Crippen LogP contribution in [0.5, 0.6) is 5.75 Å². The fourth-order valence-electron chi connectivity index (χ4n) is 3.39. The molecule has 7 nitrogen and oxygen atoms in total. The molecule has 8 heteroatoms. The monoisotopic (exact) mass is 421 g/mol. The smallest absolute Gasteiger partial charge is 0.332 e. The van der Waals surface area contributed by atoms with Crippen LogP contribution in [0.15, 0.2) is 69.6 Å². The molecule has 4 rings (SSSR count). The number of carbonyl (C=O) groups excluding carboxylic acids is 1. The molecule has 152 valence electrons. The molecule has 0 unspecified atom stereocenters. The van der Waals surface area contributed by atoms with E-state index in [0.29, 0.717) is 21.5 Å². The van der Waals surface area contributed by atoms with Gasteiger partial charge in [-0.1, -0.05) is 42.5 Å². The minimum Gasteiger partial charge on any atom is -0.497 e. The number of amides is 1. The van der Waals surface area contributed by atoms with Crippen LogP contribution >= 0.6 is 11.3 Å². The summed E-state index contributed by atoms with van der Waals surface area (Å²) in [6, 6.07) is 16.5. The second-order valence-corrected chi connectivity index (χ2v) is 7.63. The maximum atomic E-state index is 13.4. The number of benzene rings is 2. The summed E-state index contributed by atoms with van der Waals surface area (Å²) in [6.07, 6.45) is 0. The van der Waals surface area contributed by atoms with E-state index in [1.807, 2.05) is 47.8 Å². The molecule has 0 radical (unpaired) electrons. The first-order chi connectivity index (χ1) is 14.5. The number of nitrogens with zero attached hydrogens (tertiary/aromatic N) is 2. The lowest BCUT2D eigenvalue weighted by Crippen LogP contribution is -2.41. The zero-order valence-electron chi connectivity index (χ0n) is 16.2. The largest absolute Gasteiger partial charge is 0.497 e. The summed E-state index contributed by atoms with van der Waals surface area (Å²) in [5, 5.41) is 2.21. The predicted molar refractivity (Wildman–Crippen MR) is 117 cm³/mol. The van der Waals surface area contributed by atoms with Gasteiger partial charge in [-0.3, -0.25) is 18.7 Å². The maximum absolute atomic E-state index is 13.4. The Morgan fingerprint density at radius 3 is 2.37 bits per heavy atom. The van der Waals surface area contributed by atoms with Crippen molar-refractivity contribution < 1.29 is 9.53 Å². The van der Waals surface area contributed by atoms with Gasteiger partial charge in [-0.25, -0.2) is 4.79 Å². The number of rotatable bonds is 6. The molecule has 0 saturated carbocycles. The summed E-state index contributed by atoms with van der Waals surface area (Å²) < 4.78 is 7.63. The lowest BCUT2D eigenvalue weighted by atomic mass is 10.1. The number of thiophene rings is 1. The molecule has 0 aliphatic rings. The first-order valence-corrected chi connectivity index (χ1v) is 10.1. The Labute approximate surface area is 175 Å². The SMILES string of the molecule is COc1ccc(-c2csc3c2c(=O)n(Cc2ccccc2)c(=O)n3CC(N)=O)cc1. The fraction of sp³-hybridized carbons (Fsp3) is 0.136. The Morgan fingerprint density at radius 1 is 1.03 bits per heavy atom. The van der Waals surface area contributed by atoms with E-state index in [1.54, 1.807) is 19.2 Å². The topological polar surface area (TPSA) is 96.3 Å². The highest BCUT2D eigenvalue weighted by atomic mass is 32.1. The second-order valence-electron chi connectivity index (χ2n) is 6.77. The van der Waals surface area contributed by atoms with Gasteiger partial charge in [0.1, 0.15) is 17.1 Å². The first kappa shape index (κ1) is 19.7. The third kappa shape index (κ3) is 3.53. The average Bonchev–Trinajstić information content (AvgIpc) is 3.20. The van der Waals surface area contributed by atoms with Gasteiger partial charge in [0.05, 0.1) is 19.0 Å². The number of primary amides is 1. The molecule has 2 N–H and O–H groups in total. The van der Waals surface area contributed by atoms with Crippen molar-refractivity contribution in [2.75, 3.05) is 7.11 Å². The molecule has 2 heterocycles. The van der Waals surface area contributed by atoms with Crippen LogP contribution in [-0.4, -0.2) is 22.2 Å². The van der Waals surface area contributed by atoms with E-state index in [4.69, 9.17) is 10.5 Å². The van der Waals surface area contributed by atoms with Crippen molar-refractivity contribution in [1.82, 2.24) is 9.13 Å². The molecule has 2 aromatic heterocycles. The lowest BCUT2D eigenvalue weighted by molar-refractivity contribution is -0.118. The molecule has 0 spiro atoms. The van der Waals surface area contributed by atoms with E-state index >= 15 is 0 Å². The van der Waals surface area contributed by atoms with Gasteiger partial charge < -0.3 is 10.5 Å². The quantitative estimate of drug-likeness (QED) is 0.517. The van der Waals surface area contributed by atoms with Crippen LogP contribution in [0.3, 0.4) is 0 Å². The van der Waals surface area contributed by atoms with Crippen molar-refractivity contribution in [3.05, 3.63) is 86.4 Å². The maximum Gasteiger partial charge on any atom is 0.332 e. The molecule has 2 aromatic carbocycles.